The largest absolute Gasteiger partial charge is 0.478 e. The Hall–Kier alpha value is -2.89. The van der Waals surface area contributed by atoms with Crippen molar-refractivity contribution in [3.05, 3.63) is 63.2 Å². The van der Waals surface area contributed by atoms with Crippen LogP contribution in [-0.4, -0.2) is 16.0 Å². The van der Waals surface area contributed by atoms with Gasteiger partial charge in [-0.2, -0.15) is 0 Å². The Morgan fingerprint density at radius 2 is 1.90 bits per heavy atom. The molecule has 2 aromatic rings. The second-order valence-corrected chi connectivity index (χ2v) is 4.56. The van der Waals surface area contributed by atoms with Crippen LogP contribution in [0.3, 0.4) is 0 Å². The molecule has 0 fully saturated rings. The van der Waals surface area contributed by atoms with Crippen LogP contribution in [0.1, 0.15) is 21.5 Å². The Balaban J connectivity index is 2.48. The van der Waals surface area contributed by atoms with Gasteiger partial charge >= 0.3 is 5.97 Å². The van der Waals surface area contributed by atoms with E-state index in [0.717, 1.165) is 5.56 Å². The molecule has 0 amide bonds. The van der Waals surface area contributed by atoms with E-state index in [2.05, 4.69) is 0 Å². The number of benzene rings is 2. The van der Waals surface area contributed by atoms with E-state index in [4.69, 9.17) is 9.84 Å². The van der Waals surface area contributed by atoms with Crippen molar-refractivity contribution in [3.8, 4) is 11.5 Å². The first-order chi connectivity index (χ1) is 9.90. The molecule has 2 rings (SSSR count). The minimum Gasteiger partial charge on any atom is -0.478 e. The normalized spacial score (nSPS) is 10.2. The monoisotopic (exact) mass is 287 g/mol. The molecule has 6 nitrogen and oxygen atoms in total. The van der Waals surface area contributed by atoms with Gasteiger partial charge < -0.3 is 9.84 Å². The summed E-state index contributed by atoms with van der Waals surface area (Å²) < 4.78 is 5.59. The van der Waals surface area contributed by atoms with E-state index in [1.807, 2.05) is 0 Å². The maximum Gasteiger partial charge on any atom is 0.339 e. The lowest BCUT2D eigenvalue weighted by Gasteiger charge is -2.11. The third-order valence-electron chi connectivity index (χ3n) is 3.04. The number of aromatic carboxylic acids is 1. The van der Waals surface area contributed by atoms with Gasteiger partial charge in [0, 0.05) is 6.07 Å². The smallest absolute Gasteiger partial charge is 0.339 e. The number of aryl methyl sites for hydroxylation is 1. The molecule has 0 radical (unpaired) electrons. The molecule has 0 saturated heterocycles. The lowest BCUT2D eigenvalue weighted by Crippen LogP contribution is -2.01. The molecule has 0 spiro atoms. The van der Waals surface area contributed by atoms with Gasteiger partial charge in [0.1, 0.15) is 17.1 Å². The van der Waals surface area contributed by atoms with Crippen molar-refractivity contribution in [2.75, 3.05) is 0 Å². The maximum absolute atomic E-state index is 11.2. The third kappa shape index (κ3) is 3.00. The summed E-state index contributed by atoms with van der Waals surface area (Å²) in [5.41, 5.74) is 1.11. The molecule has 0 atom stereocenters. The van der Waals surface area contributed by atoms with Gasteiger partial charge in [0.25, 0.3) is 5.69 Å². The molecule has 1 N–H and O–H groups in total. The van der Waals surface area contributed by atoms with E-state index in [0.29, 0.717) is 5.56 Å². The number of nitro benzene ring substituents is 1. The second kappa shape index (κ2) is 5.62. The van der Waals surface area contributed by atoms with Crippen LogP contribution in [0.5, 0.6) is 11.5 Å². The van der Waals surface area contributed by atoms with Crippen molar-refractivity contribution in [2.45, 2.75) is 13.8 Å². The van der Waals surface area contributed by atoms with Crippen LogP contribution in [0.25, 0.3) is 0 Å². The van der Waals surface area contributed by atoms with E-state index in [1.54, 1.807) is 32.0 Å². The molecule has 0 aromatic heterocycles. The van der Waals surface area contributed by atoms with Crippen molar-refractivity contribution >= 4 is 11.7 Å². The first-order valence-corrected chi connectivity index (χ1v) is 6.16. The highest BCUT2D eigenvalue weighted by Gasteiger charge is 2.17. The number of ether oxygens (including phenoxy) is 1. The van der Waals surface area contributed by atoms with Crippen LogP contribution < -0.4 is 4.74 Å². The van der Waals surface area contributed by atoms with Gasteiger partial charge in [-0.05, 0) is 37.6 Å². The fraction of sp³-hybridized carbons (Fsp3) is 0.133. The highest BCUT2D eigenvalue weighted by atomic mass is 16.6. The summed E-state index contributed by atoms with van der Waals surface area (Å²) in [5.74, 6) is -0.698. The summed E-state index contributed by atoms with van der Waals surface area (Å²) >= 11 is 0. The summed E-state index contributed by atoms with van der Waals surface area (Å²) in [6.45, 7) is 3.36. The van der Waals surface area contributed by atoms with Crippen LogP contribution in [0.4, 0.5) is 5.69 Å². The first kappa shape index (κ1) is 14.5. The maximum atomic E-state index is 11.2. The van der Waals surface area contributed by atoms with Crippen molar-refractivity contribution in [1.82, 2.24) is 0 Å². The Morgan fingerprint density at radius 1 is 1.19 bits per heavy atom. The van der Waals surface area contributed by atoms with Gasteiger partial charge in [0.05, 0.1) is 10.5 Å². The summed E-state index contributed by atoms with van der Waals surface area (Å²) in [6, 6.07) is 9.13. The SMILES string of the molecule is Cc1ccc(C(=O)O)c(Oc2cccc([N+](=O)[O-])c2C)c1. The number of nitro groups is 1. The zero-order valence-corrected chi connectivity index (χ0v) is 11.5. The average molecular weight is 287 g/mol. The molecule has 0 aliphatic carbocycles. The van der Waals surface area contributed by atoms with Gasteiger partial charge in [-0.1, -0.05) is 12.1 Å². The van der Waals surface area contributed by atoms with Crippen molar-refractivity contribution in [1.29, 1.82) is 0 Å². The van der Waals surface area contributed by atoms with Gasteiger partial charge in [-0.25, -0.2) is 4.79 Å². The van der Waals surface area contributed by atoms with E-state index >= 15 is 0 Å². The Kier molecular flexibility index (Phi) is 3.89. The number of hydrogen-bond acceptors (Lipinski definition) is 4. The zero-order valence-electron chi connectivity index (χ0n) is 11.5. The lowest BCUT2D eigenvalue weighted by atomic mass is 10.1. The Bertz CT molecular complexity index is 724. The number of nitrogens with zero attached hydrogens (tertiary/aromatic N) is 1. The molecular formula is C15H13NO5. The Morgan fingerprint density at radius 3 is 2.52 bits per heavy atom. The predicted molar refractivity (Wildman–Crippen MR) is 76.0 cm³/mol. The van der Waals surface area contributed by atoms with Crippen LogP contribution in [-0.2, 0) is 0 Å². The molecule has 108 valence electrons. The average Bonchev–Trinajstić information content (AvgIpc) is 2.40. The predicted octanol–water partition coefficient (Wildman–Crippen LogP) is 3.70. The molecular weight excluding hydrogens is 274 g/mol. The van der Waals surface area contributed by atoms with Crippen LogP contribution in [0.2, 0.25) is 0 Å². The number of hydrogen-bond donors (Lipinski definition) is 1. The molecule has 0 unspecified atom stereocenters. The van der Waals surface area contributed by atoms with E-state index in [-0.39, 0.29) is 22.7 Å². The number of carboxylic acid groups (broad SMARTS) is 1. The molecule has 2 aromatic carbocycles. The van der Waals surface area contributed by atoms with Crippen LogP contribution in [0, 0.1) is 24.0 Å². The van der Waals surface area contributed by atoms with E-state index in [9.17, 15) is 14.9 Å². The van der Waals surface area contributed by atoms with E-state index < -0.39 is 10.9 Å². The topological polar surface area (TPSA) is 89.7 Å². The van der Waals surface area contributed by atoms with Gasteiger partial charge in [0.15, 0.2) is 0 Å². The van der Waals surface area contributed by atoms with Crippen LogP contribution >= 0.6 is 0 Å². The molecule has 0 aliphatic rings. The molecule has 0 aliphatic heterocycles. The quantitative estimate of drug-likeness (QED) is 0.684. The van der Waals surface area contributed by atoms with Gasteiger partial charge in [-0.3, -0.25) is 10.1 Å². The Labute approximate surface area is 120 Å². The summed E-state index contributed by atoms with van der Waals surface area (Å²) in [4.78, 5) is 21.6. The minimum absolute atomic E-state index is 0.00602. The standard InChI is InChI=1S/C15H13NO5/c1-9-6-7-11(15(17)18)14(8-9)21-13-5-3-4-12(10(13)2)16(19)20/h3-8H,1-2H3,(H,17,18). The van der Waals surface area contributed by atoms with Crippen molar-refractivity contribution in [3.63, 3.8) is 0 Å². The van der Waals surface area contributed by atoms with Gasteiger partial charge in [0.2, 0.25) is 0 Å². The lowest BCUT2D eigenvalue weighted by molar-refractivity contribution is -0.385. The number of rotatable bonds is 4. The third-order valence-corrected chi connectivity index (χ3v) is 3.04. The zero-order chi connectivity index (χ0) is 15.6. The molecule has 6 heteroatoms. The number of carbonyl (C=O) groups is 1. The highest BCUT2D eigenvalue weighted by Crippen LogP contribution is 2.33. The van der Waals surface area contributed by atoms with E-state index in [1.165, 1.54) is 18.2 Å². The molecule has 21 heavy (non-hydrogen) atoms. The molecule has 0 saturated carbocycles. The molecule has 0 bridgehead atoms. The van der Waals surface area contributed by atoms with Crippen molar-refractivity contribution < 1.29 is 19.6 Å². The van der Waals surface area contributed by atoms with Crippen LogP contribution in [0.15, 0.2) is 36.4 Å². The first-order valence-electron chi connectivity index (χ1n) is 6.16. The molecule has 0 heterocycles. The summed E-state index contributed by atoms with van der Waals surface area (Å²) in [6.07, 6.45) is 0. The van der Waals surface area contributed by atoms with Crippen molar-refractivity contribution in [2.24, 2.45) is 0 Å². The fourth-order valence-corrected chi connectivity index (χ4v) is 1.92. The second-order valence-electron chi connectivity index (χ2n) is 4.56. The summed E-state index contributed by atoms with van der Waals surface area (Å²) in [5, 5.41) is 20.1. The fourth-order valence-electron chi connectivity index (χ4n) is 1.92. The van der Waals surface area contributed by atoms with Gasteiger partial charge in [-0.15, -0.1) is 0 Å². The summed E-state index contributed by atoms with van der Waals surface area (Å²) in [7, 11) is 0. The highest BCUT2D eigenvalue weighted by molar-refractivity contribution is 5.91. The minimum atomic E-state index is -1.12. The number of carboxylic acids is 1.